The van der Waals surface area contributed by atoms with Gasteiger partial charge in [0.15, 0.2) is 0 Å². The number of hydrogen-bond donors (Lipinski definition) is 3. The lowest BCUT2D eigenvalue weighted by Gasteiger charge is -2.13. The average molecular weight is 421 g/mol. The first-order chi connectivity index (χ1) is 14.6. The van der Waals surface area contributed by atoms with Gasteiger partial charge in [-0.05, 0) is 41.5 Å². The van der Waals surface area contributed by atoms with E-state index in [0.29, 0.717) is 12.2 Å². The predicted octanol–water partition coefficient (Wildman–Crippen LogP) is 3.18. The topological polar surface area (TPSA) is 101 Å². The van der Waals surface area contributed by atoms with E-state index in [1.807, 2.05) is 54.6 Å². The highest BCUT2D eigenvalue weighted by molar-refractivity contribution is 7.99. The molecule has 1 aliphatic rings. The number of nitrogens with one attached hydrogen (secondary N) is 2. The summed E-state index contributed by atoms with van der Waals surface area (Å²) >= 11 is 1.48. The van der Waals surface area contributed by atoms with Crippen molar-refractivity contribution in [2.45, 2.75) is 29.0 Å². The quantitative estimate of drug-likeness (QED) is 0.507. The van der Waals surface area contributed by atoms with Crippen molar-refractivity contribution in [2.24, 2.45) is 0 Å². The number of amides is 3. The van der Waals surface area contributed by atoms with E-state index in [1.54, 1.807) is 12.4 Å². The Hall–Kier alpha value is -3.36. The van der Waals surface area contributed by atoms with Crippen LogP contribution in [-0.4, -0.2) is 22.0 Å². The van der Waals surface area contributed by atoms with Gasteiger partial charge in [-0.25, -0.2) is 4.79 Å². The molecular formula is C22H19N3O4S. The first-order valence-electron chi connectivity index (χ1n) is 9.27. The molecule has 152 valence electrons. The molecule has 3 N–H and O–H groups in total. The van der Waals surface area contributed by atoms with Crippen LogP contribution in [0.3, 0.4) is 0 Å². The smallest absolute Gasteiger partial charge is 0.322 e. The first kappa shape index (κ1) is 19.9. The maximum atomic E-state index is 12.0. The number of imide groups is 1. The number of aromatic nitrogens is 1. The van der Waals surface area contributed by atoms with Gasteiger partial charge in [-0.2, -0.15) is 0 Å². The number of rotatable bonds is 7. The Morgan fingerprint density at radius 2 is 1.87 bits per heavy atom. The maximum absolute atomic E-state index is 12.0. The van der Waals surface area contributed by atoms with Crippen LogP contribution in [-0.2, 0) is 18.0 Å². The Morgan fingerprint density at radius 3 is 2.60 bits per heavy atom. The summed E-state index contributed by atoms with van der Waals surface area (Å²) < 4.78 is 5.83. The summed E-state index contributed by atoms with van der Waals surface area (Å²) in [5.41, 5.74) is 2.48. The average Bonchev–Trinajstić information content (AvgIpc) is 3.11. The van der Waals surface area contributed by atoms with Crippen LogP contribution in [0.4, 0.5) is 4.79 Å². The Kier molecular flexibility index (Phi) is 5.97. The van der Waals surface area contributed by atoms with Crippen LogP contribution < -0.4 is 15.4 Å². The summed E-state index contributed by atoms with van der Waals surface area (Å²) in [7, 11) is 0. The van der Waals surface area contributed by atoms with Gasteiger partial charge >= 0.3 is 6.03 Å². The van der Waals surface area contributed by atoms with Gasteiger partial charge < -0.3 is 15.2 Å². The van der Waals surface area contributed by atoms with E-state index < -0.39 is 12.1 Å². The molecular weight excluding hydrogens is 402 g/mol. The largest absolute Gasteiger partial charge is 0.489 e. The van der Waals surface area contributed by atoms with Crippen molar-refractivity contribution in [3.8, 4) is 5.75 Å². The molecule has 3 amide bonds. The van der Waals surface area contributed by atoms with Gasteiger partial charge in [-0.1, -0.05) is 36.0 Å². The van der Waals surface area contributed by atoms with Crippen molar-refractivity contribution in [2.75, 3.05) is 0 Å². The summed E-state index contributed by atoms with van der Waals surface area (Å²) in [6, 6.07) is 15.8. The molecule has 7 nitrogen and oxygen atoms in total. The van der Waals surface area contributed by atoms with Crippen LogP contribution in [0.5, 0.6) is 5.75 Å². The standard InChI is InChI=1S/C22H19N3O4S/c26-12-14-2-1-3-15(10-14)13-29-16-4-6-17(7-5-16)30-19-8-9-23-11-18(19)20-21(27)25-22(28)24-20/h1-11,20,26H,12-13H2,(H2,24,25,27,28). The van der Waals surface area contributed by atoms with E-state index in [0.717, 1.165) is 26.7 Å². The molecule has 8 heteroatoms. The van der Waals surface area contributed by atoms with Crippen molar-refractivity contribution < 1.29 is 19.4 Å². The lowest BCUT2D eigenvalue weighted by atomic mass is 10.1. The van der Waals surface area contributed by atoms with Gasteiger partial charge in [-0.3, -0.25) is 15.1 Å². The zero-order valence-corrected chi connectivity index (χ0v) is 16.7. The molecule has 1 saturated heterocycles. The van der Waals surface area contributed by atoms with Crippen LogP contribution >= 0.6 is 11.8 Å². The molecule has 1 atom stereocenters. The Bertz CT molecular complexity index is 1070. The highest BCUT2D eigenvalue weighted by Crippen LogP contribution is 2.34. The SMILES string of the molecule is O=C1NC(=O)C(c2cnccc2Sc2ccc(OCc3cccc(CO)c3)cc2)N1. The molecule has 0 aliphatic carbocycles. The summed E-state index contributed by atoms with van der Waals surface area (Å²) in [4.78, 5) is 29.3. The van der Waals surface area contributed by atoms with Gasteiger partial charge in [0.05, 0.1) is 6.61 Å². The first-order valence-corrected chi connectivity index (χ1v) is 10.1. The molecule has 1 unspecified atom stereocenters. The minimum absolute atomic E-state index is 0.00293. The van der Waals surface area contributed by atoms with Crippen molar-refractivity contribution in [1.29, 1.82) is 0 Å². The molecule has 1 aliphatic heterocycles. The van der Waals surface area contributed by atoms with E-state index in [1.165, 1.54) is 11.8 Å². The van der Waals surface area contributed by atoms with Crippen LogP contribution in [0.15, 0.2) is 76.8 Å². The molecule has 2 aromatic carbocycles. The number of benzene rings is 2. The van der Waals surface area contributed by atoms with Gasteiger partial charge in [0.1, 0.15) is 18.4 Å². The molecule has 2 heterocycles. The lowest BCUT2D eigenvalue weighted by molar-refractivity contribution is -0.120. The second kappa shape index (κ2) is 8.98. The third-order valence-electron chi connectivity index (χ3n) is 4.53. The molecule has 1 fully saturated rings. The molecule has 0 bridgehead atoms. The van der Waals surface area contributed by atoms with E-state index in [2.05, 4.69) is 15.6 Å². The number of ether oxygens (including phenoxy) is 1. The summed E-state index contributed by atoms with van der Waals surface area (Å²) in [6.45, 7) is 0.411. The molecule has 0 spiro atoms. The number of carbonyl (C=O) groups is 2. The molecule has 4 rings (SSSR count). The number of pyridine rings is 1. The normalized spacial score (nSPS) is 15.6. The second-order valence-corrected chi connectivity index (χ2v) is 7.76. The molecule has 30 heavy (non-hydrogen) atoms. The van der Waals surface area contributed by atoms with E-state index in [4.69, 9.17) is 4.74 Å². The fourth-order valence-electron chi connectivity index (χ4n) is 3.05. The van der Waals surface area contributed by atoms with Crippen molar-refractivity contribution >= 4 is 23.7 Å². The zero-order valence-electron chi connectivity index (χ0n) is 15.9. The molecule has 0 radical (unpaired) electrons. The van der Waals surface area contributed by atoms with E-state index in [-0.39, 0.29) is 12.5 Å². The Morgan fingerprint density at radius 1 is 1.07 bits per heavy atom. The number of nitrogens with zero attached hydrogens (tertiary/aromatic N) is 1. The van der Waals surface area contributed by atoms with Crippen LogP contribution in [0.25, 0.3) is 0 Å². The van der Waals surface area contributed by atoms with Gasteiger partial charge in [0.2, 0.25) is 0 Å². The van der Waals surface area contributed by atoms with Gasteiger partial charge in [-0.15, -0.1) is 0 Å². The fourth-order valence-corrected chi connectivity index (χ4v) is 4.00. The van der Waals surface area contributed by atoms with E-state index in [9.17, 15) is 14.7 Å². The summed E-state index contributed by atoms with van der Waals surface area (Å²) in [5.74, 6) is 0.343. The van der Waals surface area contributed by atoms with Crippen LogP contribution in [0.1, 0.15) is 22.7 Å². The number of carbonyl (C=O) groups excluding carboxylic acids is 2. The van der Waals surface area contributed by atoms with Gasteiger partial charge in [0, 0.05) is 27.7 Å². The zero-order chi connectivity index (χ0) is 20.9. The van der Waals surface area contributed by atoms with Gasteiger partial charge in [0.25, 0.3) is 5.91 Å². The van der Waals surface area contributed by atoms with Crippen LogP contribution in [0, 0.1) is 0 Å². The summed E-state index contributed by atoms with van der Waals surface area (Å²) in [5, 5.41) is 14.1. The molecule has 1 aromatic heterocycles. The number of aliphatic hydroxyl groups excluding tert-OH is 1. The van der Waals surface area contributed by atoms with Crippen molar-refractivity contribution in [3.63, 3.8) is 0 Å². The number of hydrogen-bond acceptors (Lipinski definition) is 6. The minimum Gasteiger partial charge on any atom is -0.489 e. The predicted molar refractivity (Wildman–Crippen MR) is 111 cm³/mol. The van der Waals surface area contributed by atoms with E-state index >= 15 is 0 Å². The third-order valence-corrected chi connectivity index (χ3v) is 5.63. The monoisotopic (exact) mass is 421 g/mol. The molecule has 3 aromatic rings. The van der Waals surface area contributed by atoms with Crippen molar-refractivity contribution in [3.05, 3.63) is 83.7 Å². The highest BCUT2D eigenvalue weighted by Gasteiger charge is 2.32. The Balaban J connectivity index is 1.43. The van der Waals surface area contributed by atoms with Crippen LogP contribution in [0.2, 0.25) is 0 Å². The third kappa shape index (κ3) is 4.61. The maximum Gasteiger partial charge on any atom is 0.322 e. The number of urea groups is 1. The summed E-state index contributed by atoms with van der Waals surface area (Å²) in [6.07, 6.45) is 3.24. The highest BCUT2D eigenvalue weighted by atomic mass is 32.2. The van der Waals surface area contributed by atoms with Crippen molar-refractivity contribution in [1.82, 2.24) is 15.6 Å². The fraction of sp³-hybridized carbons (Fsp3) is 0.136. The minimum atomic E-state index is -0.744. The Labute approximate surface area is 177 Å². The second-order valence-electron chi connectivity index (χ2n) is 6.65. The molecule has 0 saturated carbocycles. The number of aliphatic hydroxyl groups is 1. The lowest BCUT2D eigenvalue weighted by Crippen LogP contribution is -2.22.